The third-order valence-corrected chi connectivity index (χ3v) is 5.29. The number of esters is 1. The molecule has 2 aromatic carbocycles. The molecule has 0 radical (unpaired) electrons. The molecule has 0 saturated heterocycles. The number of carbonyl (C=O) groups is 2. The maximum atomic E-state index is 13.3. The van der Waals surface area contributed by atoms with Crippen molar-refractivity contribution >= 4 is 29.2 Å². The van der Waals surface area contributed by atoms with E-state index in [9.17, 15) is 9.59 Å². The first-order valence-corrected chi connectivity index (χ1v) is 10.5. The number of hydrogen-bond acceptors (Lipinski definition) is 3. The van der Waals surface area contributed by atoms with Gasteiger partial charge in [-0.1, -0.05) is 49.1 Å². The first-order valence-electron chi connectivity index (χ1n) is 10.1. The second-order valence-corrected chi connectivity index (χ2v) is 7.73. The van der Waals surface area contributed by atoms with Gasteiger partial charge in [-0.25, -0.2) is 0 Å². The lowest BCUT2D eigenvalue weighted by Crippen LogP contribution is -2.33. The molecule has 1 amide bonds. The first-order chi connectivity index (χ1) is 13.9. The molecule has 2 rings (SSSR count). The summed E-state index contributed by atoms with van der Waals surface area (Å²) in [5.41, 5.74) is 3.80. The van der Waals surface area contributed by atoms with E-state index in [2.05, 4.69) is 4.74 Å². The molecule has 2 aromatic rings. The predicted molar refractivity (Wildman–Crippen MR) is 119 cm³/mol. The molecule has 0 spiro atoms. The Hall–Kier alpha value is -2.33. The Kier molecular flexibility index (Phi) is 9.20. The summed E-state index contributed by atoms with van der Waals surface area (Å²) in [6, 6.07) is 13.1. The van der Waals surface area contributed by atoms with Crippen LogP contribution in [0.2, 0.25) is 5.02 Å². The van der Waals surface area contributed by atoms with E-state index < -0.39 is 0 Å². The smallest absolute Gasteiger partial charge is 0.305 e. The Bertz CT molecular complexity index is 797. The average molecular weight is 416 g/mol. The summed E-state index contributed by atoms with van der Waals surface area (Å²) < 4.78 is 4.67. The largest absolute Gasteiger partial charge is 0.469 e. The van der Waals surface area contributed by atoms with Crippen LogP contribution in [0.4, 0.5) is 5.69 Å². The zero-order chi connectivity index (χ0) is 21.2. The summed E-state index contributed by atoms with van der Waals surface area (Å²) in [6.07, 6.45) is 5.26. The quantitative estimate of drug-likeness (QED) is 0.347. The Morgan fingerprint density at radius 3 is 2.10 bits per heavy atom. The Balaban J connectivity index is 2.03. The molecular formula is C24H30ClNO3. The molecule has 0 bridgehead atoms. The molecule has 4 nitrogen and oxygen atoms in total. The van der Waals surface area contributed by atoms with Gasteiger partial charge < -0.3 is 9.64 Å². The maximum absolute atomic E-state index is 13.3. The van der Waals surface area contributed by atoms with E-state index in [1.807, 2.05) is 36.9 Å². The molecule has 156 valence electrons. The number of aryl methyl sites for hydroxylation is 2. The number of ether oxygens (including phenoxy) is 1. The van der Waals surface area contributed by atoms with Crippen molar-refractivity contribution in [3.63, 3.8) is 0 Å². The Morgan fingerprint density at radius 2 is 1.48 bits per heavy atom. The fourth-order valence-electron chi connectivity index (χ4n) is 3.47. The molecule has 5 heteroatoms. The third-order valence-electron chi connectivity index (χ3n) is 5.04. The van der Waals surface area contributed by atoms with E-state index in [-0.39, 0.29) is 11.9 Å². The number of benzene rings is 2. The fourth-order valence-corrected chi connectivity index (χ4v) is 3.59. The van der Waals surface area contributed by atoms with Crippen molar-refractivity contribution in [2.45, 2.75) is 52.4 Å². The molecule has 0 aromatic heterocycles. The van der Waals surface area contributed by atoms with Gasteiger partial charge in [0.2, 0.25) is 0 Å². The van der Waals surface area contributed by atoms with Gasteiger partial charge in [-0.3, -0.25) is 9.59 Å². The summed E-state index contributed by atoms with van der Waals surface area (Å²) in [5.74, 6) is -0.162. The lowest BCUT2D eigenvalue weighted by Gasteiger charge is -2.26. The maximum Gasteiger partial charge on any atom is 0.305 e. The Morgan fingerprint density at radius 1 is 0.897 bits per heavy atom. The highest BCUT2D eigenvalue weighted by Crippen LogP contribution is 2.27. The highest BCUT2D eigenvalue weighted by molar-refractivity contribution is 6.30. The summed E-state index contributed by atoms with van der Waals surface area (Å²) in [4.78, 5) is 26.3. The van der Waals surface area contributed by atoms with E-state index in [0.29, 0.717) is 23.6 Å². The lowest BCUT2D eigenvalue weighted by atomic mass is 10.0. The molecule has 0 heterocycles. The van der Waals surface area contributed by atoms with Crippen molar-refractivity contribution < 1.29 is 14.3 Å². The summed E-state index contributed by atoms with van der Waals surface area (Å²) in [5, 5.41) is 0.618. The fraction of sp³-hybridized carbons (Fsp3) is 0.417. The van der Waals surface area contributed by atoms with Crippen LogP contribution in [0.25, 0.3) is 0 Å². The predicted octanol–water partition coefficient (Wildman–Crippen LogP) is 6.12. The minimum atomic E-state index is -0.153. The van der Waals surface area contributed by atoms with Gasteiger partial charge in [-0.2, -0.15) is 0 Å². The van der Waals surface area contributed by atoms with E-state index in [1.165, 1.54) is 7.11 Å². The van der Waals surface area contributed by atoms with Gasteiger partial charge in [0.1, 0.15) is 0 Å². The molecule has 0 unspecified atom stereocenters. The van der Waals surface area contributed by atoms with Gasteiger partial charge in [0, 0.05) is 29.2 Å². The zero-order valence-corrected chi connectivity index (χ0v) is 18.3. The van der Waals surface area contributed by atoms with E-state index >= 15 is 0 Å². The van der Waals surface area contributed by atoms with Crippen molar-refractivity contribution in [2.75, 3.05) is 18.6 Å². The van der Waals surface area contributed by atoms with Crippen molar-refractivity contribution in [1.82, 2.24) is 0 Å². The number of carbonyl (C=O) groups excluding carboxylic acids is 2. The topological polar surface area (TPSA) is 46.6 Å². The molecule has 0 N–H and O–H groups in total. The molecular weight excluding hydrogens is 386 g/mol. The van der Waals surface area contributed by atoms with Crippen LogP contribution < -0.4 is 4.90 Å². The van der Waals surface area contributed by atoms with Gasteiger partial charge in [-0.05, 0) is 62.1 Å². The number of unbranched alkanes of at least 4 members (excludes halogenated alkanes) is 4. The van der Waals surface area contributed by atoms with Gasteiger partial charge in [0.05, 0.1) is 7.11 Å². The van der Waals surface area contributed by atoms with Gasteiger partial charge >= 0.3 is 5.97 Å². The first kappa shape index (κ1) is 23.0. The van der Waals surface area contributed by atoms with Crippen molar-refractivity contribution in [3.05, 3.63) is 64.2 Å². The number of anilines is 1. The zero-order valence-electron chi connectivity index (χ0n) is 17.5. The van der Waals surface area contributed by atoms with Gasteiger partial charge in [0.25, 0.3) is 5.91 Å². The van der Waals surface area contributed by atoms with Crippen LogP contribution in [-0.2, 0) is 9.53 Å². The molecule has 0 saturated carbocycles. The number of hydrogen-bond donors (Lipinski definition) is 0. The average Bonchev–Trinajstić information content (AvgIpc) is 2.71. The minimum absolute atomic E-state index is 0.00948. The standard InChI is InChI=1S/C24H30ClNO3/c1-18-10-9-11-19(2)23(18)26(24(28)20-13-15-21(25)16-14-20)17-8-6-4-5-7-12-22(27)29-3/h9-11,13-16H,4-8,12,17H2,1-3H3. The summed E-state index contributed by atoms with van der Waals surface area (Å²) in [7, 11) is 1.42. The number of halogens is 1. The monoisotopic (exact) mass is 415 g/mol. The number of amides is 1. The van der Waals surface area contributed by atoms with E-state index in [0.717, 1.165) is 48.9 Å². The molecule has 0 aliphatic rings. The minimum Gasteiger partial charge on any atom is -0.469 e. The molecule has 0 aliphatic carbocycles. The number of rotatable bonds is 10. The number of para-hydroxylation sites is 1. The van der Waals surface area contributed by atoms with Crippen LogP contribution >= 0.6 is 11.6 Å². The van der Waals surface area contributed by atoms with Crippen molar-refractivity contribution in [3.8, 4) is 0 Å². The normalized spacial score (nSPS) is 10.6. The highest BCUT2D eigenvalue weighted by Gasteiger charge is 2.20. The second-order valence-electron chi connectivity index (χ2n) is 7.30. The SMILES string of the molecule is COC(=O)CCCCCCCN(C(=O)c1ccc(Cl)cc1)c1c(C)cccc1C. The van der Waals surface area contributed by atoms with Crippen LogP contribution in [0.3, 0.4) is 0 Å². The summed E-state index contributed by atoms with van der Waals surface area (Å²) in [6.45, 7) is 4.73. The van der Waals surface area contributed by atoms with E-state index in [4.69, 9.17) is 11.6 Å². The number of nitrogens with zero attached hydrogens (tertiary/aromatic N) is 1. The van der Waals surface area contributed by atoms with Gasteiger partial charge in [-0.15, -0.1) is 0 Å². The van der Waals surface area contributed by atoms with Crippen LogP contribution in [0, 0.1) is 13.8 Å². The molecule has 29 heavy (non-hydrogen) atoms. The molecule has 0 atom stereocenters. The van der Waals surface area contributed by atoms with Crippen LogP contribution in [0.15, 0.2) is 42.5 Å². The van der Waals surface area contributed by atoms with Crippen LogP contribution in [-0.4, -0.2) is 25.5 Å². The van der Waals surface area contributed by atoms with Crippen molar-refractivity contribution in [1.29, 1.82) is 0 Å². The molecule has 0 aliphatic heterocycles. The third kappa shape index (κ3) is 6.90. The second kappa shape index (κ2) is 11.6. The van der Waals surface area contributed by atoms with Crippen LogP contribution in [0.1, 0.15) is 60.0 Å². The number of methoxy groups -OCH3 is 1. The summed E-state index contributed by atoms with van der Waals surface area (Å²) >= 11 is 5.98. The highest BCUT2D eigenvalue weighted by atomic mass is 35.5. The Labute approximate surface area is 178 Å². The van der Waals surface area contributed by atoms with E-state index in [1.54, 1.807) is 24.3 Å². The van der Waals surface area contributed by atoms with Crippen molar-refractivity contribution in [2.24, 2.45) is 0 Å². The lowest BCUT2D eigenvalue weighted by molar-refractivity contribution is -0.140. The van der Waals surface area contributed by atoms with Gasteiger partial charge in [0.15, 0.2) is 0 Å². The molecule has 0 fully saturated rings. The van der Waals surface area contributed by atoms with Crippen LogP contribution in [0.5, 0.6) is 0 Å².